The van der Waals surface area contributed by atoms with Gasteiger partial charge in [-0.05, 0) is 42.3 Å². The molecule has 0 saturated carbocycles. The van der Waals surface area contributed by atoms with Crippen LogP contribution in [0.1, 0.15) is 21.5 Å². The normalized spacial score (nSPS) is 10.4. The number of hydrazine groups is 1. The fourth-order valence-corrected chi connectivity index (χ4v) is 2.38. The first-order valence-electron chi connectivity index (χ1n) is 8.24. The molecule has 0 spiro atoms. The zero-order chi connectivity index (χ0) is 20.5. The smallest absolute Gasteiger partial charge is 0.331 e. The minimum atomic E-state index is -0.702. The Morgan fingerprint density at radius 2 is 1.86 bits per heavy atom. The summed E-state index contributed by atoms with van der Waals surface area (Å²) in [4.78, 5) is 35.6. The first-order chi connectivity index (χ1) is 13.4. The molecule has 0 heterocycles. The molecule has 28 heavy (non-hydrogen) atoms. The van der Waals surface area contributed by atoms with E-state index >= 15 is 0 Å². The molecule has 146 valence electrons. The molecule has 0 aromatic heterocycles. The standard InChI is InChI=1S/C20H19ClN2O5/c1-13-5-3-4-6-14(13)7-10-19(25)28-12-18(24)22-23-20(26)16-11-15(21)8-9-17(16)27-2/h3-11H,12H2,1-2H3,(H,22,24)(H,23,26)/b10-7+. The van der Waals surface area contributed by atoms with Gasteiger partial charge < -0.3 is 9.47 Å². The number of aryl methyl sites for hydroxylation is 1. The molecule has 8 heteroatoms. The predicted molar refractivity (Wildman–Crippen MR) is 105 cm³/mol. The third-order valence-corrected chi connectivity index (χ3v) is 3.89. The van der Waals surface area contributed by atoms with E-state index in [0.717, 1.165) is 11.1 Å². The molecule has 7 nitrogen and oxygen atoms in total. The molecule has 2 N–H and O–H groups in total. The van der Waals surface area contributed by atoms with Crippen molar-refractivity contribution >= 4 is 35.5 Å². The summed E-state index contributed by atoms with van der Waals surface area (Å²) in [6.45, 7) is 1.36. The van der Waals surface area contributed by atoms with Crippen molar-refractivity contribution in [2.45, 2.75) is 6.92 Å². The third kappa shape index (κ3) is 6.14. The van der Waals surface area contributed by atoms with Gasteiger partial charge in [0.1, 0.15) is 5.75 Å². The number of benzene rings is 2. The molecule has 2 amide bonds. The average Bonchev–Trinajstić information content (AvgIpc) is 2.69. The lowest BCUT2D eigenvalue weighted by molar-refractivity contribution is -0.144. The van der Waals surface area contributed by atoms with Gasteiger partial charge in [-0.1, -0.05) is 35.9 Å². The van der Waals surface area contributed by atoms with E-state index in [0.29, 0.717) is 10.8 Å². The second-order valence-electron chi connectivity index (χ2n) is 5.64. The van der Waals surface area contributed by atoms with Crippen molar-refractivity contribution in [2.75, 3.05) is 13.7 Å². The number of rotatable bonds is 6. The van der Waals surface area contributed by atoms with Gasteiger partial charge in [0, 0.05) is 11.1 Å². The van der Waals surface area contributed by atoms with E-state index in [1.165, 1.54) is 25.3 Å². The van der Waals surface area contributed by atoms with E-state index in [1.807, 2.05) is 31.2 Å². The third-order valence-electron chi connectivity index (χ3n) is 3.65. The van der Waals surface area contributed by atoms with Gasteiger partial charge in [0.05, 0.1) is 12.7 Å². The lowest BCUT2D eigenvalue weighted by Crippen LogP contribution is -2.43. The maximum Gasteiger partial charge on any atom is 0.331 e. The van der Waals surface area contributed by atoms with Gasteiger partial charge in [-0.3, -0.25) is 20.4 Å². The SMILES string of the molecule is COc1ccc(Cl)cc1C(=O)NNC(=O)COC(=O)/C=C/c1ccccc1C. The second kappa shape index (κ2) is 10.1. The summed E-state index contributed by atoms with van der Waals surface area (Å²) in [6, 6.07) is 12.0. The molecule has 0 unspecified atom stereocenters. The number of carbonyl (C=O) groups excluding carboxylic acids is 3. The summed E-state index contributed by atoms with van der Waals surface area (Å²) in [6.07, 6.45) is 2.83. The number of nitrogens with one attached hydrogen (secondary N) is 2. The van der Waals surface area contributed by atoms with Gasteiger partial charge in [-0.25, -0.2) is 4.79 Å². The molecule has 2 aromatic rings. The zero-order valence-electron chi connectivity index (χ0n) is 15.3. The molecule has 2 rings (SSSR count). The fraction of sp³-hybridized carbons (Fsp3) is 0.150. The van der Waals surface area contributed by atoms with Crippen molar-refractivity contribution in [1.29, 1.82) is 0 Å². The molecule has 0 aliphatic heterocycles. The van der Waals surface area contributed by atoms with Crippen LogP contribution >= 0.6 is 11.6 Å². The molecule has 0 saturated heterocycles. The Kier molecular flexibility index (Phi) is 7.59. The monoisotopic (exact) mass is 402 g/mol. The molecule has 0 atom stereocenters. The Bertz CT molecular complexity index is 911. The van der Waals surface area contributed by atoms with Crippen LogP contribution in [0.5, 0.6) is 5.75 Å². The summed E-state index contributed by atoms with van der Waals surface area (Å²) < 4.78 is 9.90. The Morgan fingerprint density at radius 3 is 2.57 bits per heavy atom. The predicted octanol–water partition coefficient (Wildman–Crippen LogP) is 2.67. The highest BCUT2D eigenvalue weighted by Crippen LogP contribution is 2.22. The highest BCUT2D eigenvalue weighted by Gasteiger charge is 2.14. The average molecular weight is 403 g/mol. The van der Waals surface area contributed by atoms with Crippen LogP contribution in [0.15, 0.2) is 48.5 Å². The second-order valence-corrected chi connectivity index (χ2v) is 6.08. The van der Waals surface area contributed by atoms with Crippen molar-refractivity contribution in [3.8, 4) is 5.75 Å². The molecule has 0 aliphatic rings. The number of hydrogen-bond acceptors (Lipinski definition) is 5. The van der Waals surface area contributed by atoms with Gasteiger partial charge >= 0.3 is 5.97 Å². The van der Waals surface area contributed by atoms with Crippen LogP contribution in [0, 0.1) is 6.92 Å². The maximum absolute atomic E-state index is 12.1. The summed E-state index contributed by atoms with van der Waals surface area (Å²) in [5.74, 6) is -1.71. The van der Waals surface area contributed by atoms with Gasteiger partial charge in [0.2, 0.25) is 0 Å². The first kappa shape index (κ1) is 21.0. The van der Waals surface area contributed by atoms with Gasteiger partial charge in [-0.2, -0.15) is 0 Å². The Morgan fingerprint density at radius 1 is 1.11 bits per heavy atom. The fourth-order valence-electron chi connectivity index (χ4n) is 2.20. The van der Waals surface area contributed by atoms with Crippen molar-refractivity contribution in [2.24, 2.45) is 0 Å². The maximum atomic E-state index is 12.1. The quantitative estimate of drug-likeness (QED) is 0.440. The van der Waals surface area contributed by atoms with Crippen LogP contribution in [0.25, 0.3) is 6.08 Å². The van der Waals surface area contributed by atoms with Crippen molar-refractivity contribution in [1.82, 2.24) is 10.9 Å². The first-order valence-corrected chi connectivity index (χ1v) is 8.61. The minimum absolute atomic E-state index is 0.147. The Hall–Kier alpha value is -3.32. The van der Waals surface area contributed by atoms with E-state index in [-0.39, 0.29) is 5.56 Å². The molecule has 0 radical (unpaired) electrons. The van der Waals surface area contributed by atoms with E-state index in [4.69, 9.17) is 21.1 Å². The van der Waals surface area contributed by atoms with Gasteiger partial charge in [0.25, 0.3) is 11.8 Å². The van der Waals surface area contributed by atoms with Gasteiger partial charge in [-0.15, -0.1) is 0 Å². The van der Waals surface area contributed by atoms with Crippen LogP contribution in [0.4, 0.5) is 0 Å². The lowest BCUT2D eigenvalue weighted by atomic mass is 10.1. The number of methoxy groups -OCH3 is 1. The van der Waals surface area contributed by atoms with E-state index in [2.05, 4.69) is 10.9 Å². The highest BCUT2D eigenvalue weighted by molar-refractivity contribution is 6.31. The molecule has 0 bridgehead atoms. The van der Waals surface area contributed by atoms with Crippen LogP contribution in [0.3, 0.4) is 0 Å². The zero-order valence-corrected chi connectivity index (χ0v) is 16.1. The van der Waals surface area contributed by atoms with Crippen molar-refractivity contribution in [3.05, 3.63) is 70.3 Å². The summed E-state index contributed by atoms with van der Waals surface area (Å²) in [5.41, 5.74) is 6.37. The molecule has 0 fully saturated rings. The summed E-state index contributed by atoms with van der Waals surface area (Å²) >= 11 is 5.86. The van der Waals surface area contributed by atoms with Crippen LogP contribution in [-0.4, -0.2) is 31.5 Å². The highest BCUT2D eigenvalue weighted by atomic mass is 35.5. The molecular formula is C20H19ClN2O5. The number of hydrogen-bond donors (Lipinski definition) is 2. The number of ether oxygens (including phenoxy) is 2. The van der Waals surface area contributed by atoms with Crippen LogP contribution in [0.2, 0.25) is 5.02 Å². The molecular weight excluding hydrogens is 384 g/mol. The Balaban J connectivity index is 1.81. The van der Waals surface area contributed by atoms with Crippen LogP contribution < -0.4 is 15.6 Å². The van der Waals surface area contributed by atoms with Crippen LogP contribution in [-0.2, 0) is 14.3 Å². The Labute approximate surface area is 167 Å². The number of carbonyl (C=O) groups is 3. The summed E-state index contributed by atoms with van der Waals surface area (Å²) in [5, 5.41) is 0.339. The van der Waals surface area contributed by atoms with Crippen molar-refractivity contribution in [3.63, 3.8) is 0 Å². The van der Waals surface area contributed by atoms with E-state index in [9.17, 15) is 14.4 Å². The lowest BCUT2D eigenvalue weighted by Gasteiger charge is -2.10. The van der Waals surface area contributed by atoms with Gasteiger partial charge in [0.15, 0.2) is 6.61 Å². The number of halogens is 1. The minimum Gasteiger partial charge on any atom is -0.496 e. The molecule has 2 aromatic carbocycles. The number of esters is 1. The number of amides is 2. The topological polar surface area (TPSA) is 93.7 Å². The largest absolute Gasteiger partial charge is 0.496 e. The summed E-state index contributed by atoms with van der Waals surface area (Å²) in [7, 11) is 1.41. The van der Waals surface area contributed by atoms with E-state index < -0.39 is 24.4 Å². The molecule has 0 aliphatic carbocycles. The van der Waals surface area contributed by atoms with E-state index in [1.54, 1.807) is 12.1 Å². The van der Waals surface area contributed by atoms with Crippen molar-refractivity contribution < 1.29 is 23.9 Å².